The third kappa shape index (κ3) is 3.40. The molecule has 0 unspecified atom stereocenters. The SMILES string of the molecule is CCCOc1ccc(C(=O)c2cc(Cl)ccc2C)cc1. The molecule has 0 radical (unpaired) electrons. The number of ether oxygens (including phenoxy) is 1. The monoisotopic (exact) mass is 288 g/mol. The van der Waals surface area contributed by atoms with Crippen molar-refractivity contribution in [1.29, 1.82) is 0 Å². The molecule has 0 heterocycles. The van der Waals surface area contributed by atoms with Crippen molar-refractivity contribution in [3.05, 3.63) is 64.2 Å². The molecule has 0 amide bonds. The zero-order chi connectivity index (χ0) is 14.5. The predicted molar refractivity (Wildman–Crippen MR) is 81.8 cm³/mol. The molecule has 0 aromatic heterocycles. The summed E-state index contributed by atoms with van der Waals surface area (Å²) in [7, 11) is 0. The van der Waals surface area contributed by atoms with Crippen LogP contribution in [0.5, 0.6) is 5.75 Å². The van der Waals surface area contributed by atoms with Crippen molar-refractivity contribution in [3.8, 4) is 5.75 Å². The molecule has 2 nitrogen and oxygen atoms in total. The first-order chi connectivity index (χ1) is 9.61. The first-order valence-corrected chi connectivity index (χ1v) is 7.03. The fraction of sp³-hybridized carbons (Fsp3) is 0.235. The van der Waals surface area contributed by atoms with Crippen molar-refractivity contribution < 1.29 is 9.53 Å². The molecule has 2 aromatic carbocycles. The van der Waals surface area contributed by atoms with Gasteiger partial charge in [-0.1, -0.05) is 24.6 Å². The average molecular weight is 289 g/mol. The number of hydrogen-bond donors (Lipinski definition) is 0. The number of rotatable bonds is 5. The number of hydrogen-bond acceptors (Lipinski definition) is 2. The fourth-order valence-corrected chi connectivity index (χ4v) is 2.09. The van der Waals surface area contributed by atoms with Crippen LogP contribution in [0.4, 0.5) is 0 Å². The van der Waals surface area contributed by atoms with Gasteiger partial charge in [-0.05, 0) is 55.3 Å². The van der Waals surface area contributed by atoms with Gasteiger partial charge in [0.1, 0.15) is 5.75 Å². The zero-order valence-electron chi connectivity index (χ0n) is 11.7. The molecule has 2 rings (SSSR count). The maximum Gasteiger partial charge on any atom is 0.193 e. The number of carbonyl (C=O) groups is 1. The fourth-order valence-electron chi connectivity index (χ4n) is 1.92. The molecule has 0 N–H and O–H groups in total. The number of halogens is 1. The van der Waals surface area contributed by atoms with Crippen molar-refractivity contribution >= 4 is 17.4 Å². The molecular weight excluding hydrogens is 272 g/mol. The number of carbonyl (C=O) groups excluding carboxylic acids is 1. The standard InChI is InChI=1S/C17H17ClO2/c1-3-10-20-15-8-5-13(6-9-15)17(19)16-11-14(18)7-4-12(16)2/h4-9,11H,3,10H2,1-2H3. The molecule has 0 aliphatic carbocycles. The van der Waals surface area contributed by atoms with Crippen LogP contribution in [-0.4, -0.2) is 12.4 Å². The van der Waals surface area contributed by atoms with E-state index in [9.17, 15) is 4.79 Å². The Labute approximate surface area is 124 Å². The Morgan fingerprint density at radius 3 is 2.50 bits per heavy atom. The molecule has 0 saturated carbocycles. The Bertz CT molecular complexity index is 603. The van der Waals surface area contributed by atoms with Crippen LogP contribution in [0, 0.1) is 6.92 Å². The van der Waals surface area contributed by atoms with Gasteiger partial charge in [-0.2, -0.15) is 0 Å². The molecule has 0 fully saturated rings. The van der Waals surface area contributed by atoms with Gasteiger partial charge in [-0.15, -0.1) is 0 Å². The van der Waals surface area contributed by atoms with Crippen LogP contribution in [-0.2, 0) is 0 Å². The lowest BCUT2D eigenvalue weighted by Gasteiger charge is -2.07. The average Bonchev–Trinajstić information content (AvgIpc) is 2.47. The number of aryl methyl sites for hydroxylation is 1. The smallest absolute Gasteiger partial charge is 0.193 e. The van der Waals surface area contributed by atoms with Crippen LogP contribution < -0.4 is 4.74 Å². The molecule has 0 aliphatic rings. The minimum absolute atomic E-state index is 0.0213. The van der Waals surface area contributed by atoms with Gasteiger partial charge in [-0.25, -0.2) is 0 Å². The van der Waals surface area contributed by atoms with Crippen molar-refractivity contribution in [2.75, 3.05) is 6.61 Å². The molecule has 0 spiro atoms. The predicted octanol–water partition coefficient (Wildman–Crippen LogP) is 4.67. The molecule has 104 valence electrons. The highest BCUT2D eigenvalue weighted by Crippen LogP contribution is 2.20. The lowest BCUT2D eigenvalue weighted by atomic mass is 9.99. The van der Waals surface area contributed by atoms with Crippen LogP contribution in [0.2, 0.25) is 5.02 Å². The molecular formula is C17H17ClO2. The van der Waals surface area contributed by atoms with Gasteiger partial charge in [0.25, 0.3) is 0 Å². The molecule has 0 atom stereocenters. The Hall–Kier alpha value is -1.80. The van der Waals surface area contributed by atoms with Crippen molar-refractivity contribution in [3.63, 3.8) is 0 Å². The van der Waals surface area contributed by atoms with E-state index in [0.29, 0.717) is 22.8 Å². The van der Waals surface area contributed by atoms with E-state index in [-0.39, 0.29) is 5.78 Å². The Morgan fingerprint density at radius 1 is 1.15 bits per heavy atom. The van der Waals surface area contributed by atoms with E-state index in [2.05, 4.69) is 6.92 Å². The summed E-state index contributed by atoms with van der Waals surface area (Å²) in [5.74, 6) is 0.762. The molecule has 0 bridgehead atoms. The quantitative estimate of drug-likeness (QED) is 0.748. The highest BCUT2D eigenvalue weighted by molar-refractivity contribution is 6.31. The van der Waals surface area contributed by atoms with E-state index in [0.717, 1.165) is 17.7 Å². The second kappa shape index (κ2) is 6.58. The van der Waals surface area contributed by atoms with Crippen LogP contribution in [0.1, 0.15) is 34.8 Å². The Morgan fingerprint density at radius 2 is 1.85 bits per heavy atom. The second-order valence-corrected chi connectivity index (χ2v) is 5.10. The molecule has 3 heteroatoms. The summed E-state index contributed by atoms with van der Waals surface area (Å²) in [5, 5.41) is 0.571. The minimum atomic E-state index is -0.0213. The number of ketones is 1. The normalized spacial score (nSPS) is 10.3. The van der Waals surface area contributed by atoms with Gasteiger partial charge in [0.05, 0.1) is 6.61 Å². The van der Waals surface area contributed by atoms with E-state index >= 15 is 0 Å². The molecule has 2 aromatic rings. The maximum atomic E-state index is 12.4. The van der Waals surface area contributed by atoms with Crippen LogP contribution in [0.3, 0.4) is 0 Å². The van der Waals surface area contributed by atoms with Gasteiger partial charge >= 0.3 is 0 Å². The lowest BCUT2D eigenvalue weighted by Crippen LogP contribution is -2.04. The summed E-state index contributed by atoms with van der Waals surface area (Å²) in [6.45, 7) is 4.64. The Kier molecular flexibility index (Phi) is 4.80. The minimum Gasteiger partial charge on any atom is -0.494 e. The molecule has 0 saturated heterocycles. The van der Waals surface area contributed by atoms with Gasteiger partial charge in [0.15, 0.2) is 5.78 Å². The van der Waals surface area contributed by atoms with Gasteiger partial charge < -0.3 is 4.74 Å². The summed E-state index contributed by atoms with van der Waals surface area (Å²) in [5.41, 5.74) is 2.20. The van der Waals surface area contributed by atoms with Gasteiger partial charge in [-0.3, -0.25) is 4.79 Å². The first kappa shape index (κ1) is 14.6. The highest BCUT2D eigenvalue weighted by atomic mass is 35.5. The summed E-state index contributed by atoms with van der Waals surface area (Å²) >= 11 is 5.96. The lowest BCUT2D eigenvalue weighted by molar-refractivity contribution is 0.103. The van der Waals surface area contributed by atoms with Crippen LogP contribution in [0.15, 0.2) is 42.5 Å². The zero-order valence-corrected chi connectivity index (χ0v) is 12.4. The first-order valence-electron chi connectivity index (χ1n) is 6.65. The molecule has 20 heavy (non-hydrogen) atoms. The van der Waals surface area contributed by atoms with Crippen LogP contribution >= 0.6 is 11.6 Å². The summed E-state index contributed by atoms with van der Waals surface area (Å²) < 4.78 is 5.51. The van der Waals surface area contributed by atoms with Gasteiger partial charge in [0, 0.05) is 16.1 Å². The van der Waals surface area contributed by atoms with Crippen molar-refractivity contribution in [2.24, 2.45) is 0 Å². The summed E-state index contributed by atoms with van der Waals surface area (Å²) in [4.78, 5) is 12.4. The topological polar surface area (TPSA) is 26.3 Å². The third-order valence-corrected chi connectivity index (χ3v) is 3.27. The maximum absolute atomic E-state index is 12.4. The van der Waals surface area contributed by atoms with E-state index < -0.39 is 0 Å². The largest absolute Gasteiger partial charge is 0.494 e. The molecule has 0 aliphatic heterocycles. The van der Waals surface area contributed by atoms with Crippen molar-refractivity contribution in [2.45, 2.75) is 20.3 Å². The van der Waals surface area contributed by atoms with E-state index in [4.69, 9.17) is 16.3 Å². The highest BCUT2D eigenvalue weighted by Gasteiger charge is 2.12. The number of benzene rings is 2. The third-order valence-electron chi connectivity index (χ3n) is 3.03. The summed E-state index contributed by atoms with van der Waals surface area (Å²) in [6, 6.07) is 12.6. The van der Waals surface area contributed by atoms with E-state index in [1.165, 1.54) is 0 Å². The van der Waals surface area contributed by atoms with Crippen molar-refractivity contribution in [1.82, 2.24) is 0 Å². The Balaban J connectivity index is 2.22. The summed E-state index contributed by atoms with van der Waals surface area (Å²) in [6.07, 6.45) is 0.961. The van der Waals surface area contributed by atoms with Crippen LogP contribution in [0.25, 0.3) is 0 Å². The van der Waals surface area contributed by atoms with E-state index in [1.807, 2.05) is 25.1 Å². The second-order valence-electron chi connectivity index (χ2n) is 4.66. The van der Waals surface area contributed by atoms with Gasteiger partial charge in [0.2, 0.25) is 0 Å². The van der Waals surface area contributed by atoms with E-state index in [1.54, 1.807) is 24.3 Å².